The van der Waals surface area contributed by atoms with Gasteiger partial charge in [0.05, 0.1) is 0 Å². The summed E-state index contributed by atoms with van der Waals surface area (Å²) in [6.07, 6.45) is 7.16. The van der Waals surface area contributed by atoms with Crippen LogP contribution >= 0.6 is 0 Å². The smallest absolute Gasteiger partial charge is 0.126 e. The van der Waals surface area contributed by atoms with E-state index < -0.39 is 0 Å². The van der Waals surface area contributed by atoms with Crippen molar-refractivity contribution < 1.29 is 0 Å². The number of likely N-dealkylation sites (tertiary alicyclic amines) is 1. The fourth-order valence-electron chi connectivity index (χ4n) is 3.70. The number of anilines is 1. The van der Waals surface area contributed by atoms with Crippen LogP contribution in [0.15, 0.2) is 18.3 Å². The van der Waals surface area contributed by atoms with Crippen molar-refractivity contribution in [1.29, 1.82) is 0 Å². The quantitative estimate of drug-likeness (QED) is 0.902. The molecule has 3 rings (SSSR count). The molecule has 4 heteroatoms. The average molecular weight is 288 g/mol. The molecular formula is C17H28N4. The highest BCUT2D eigenvalue weighted by molar-refractivity contribution is 5.37. The minimum atomic E-state index is 0.761. The van der Waals surface area contributed by atoms with E-state index in [4.69, 9.17) is 0 Å². The van der Waals surface area contributed by atoms with E-state index in [1.807, 2.05) is 6.20 Å². The van der Waals surface area contributed by atoms with Crippen molar-refractivity contribution in [2.45, 2.75) is 51.2 Å². The van der Waals surface area contributed by atoms with Crippen LogP contribution in [0.25, 0.3) is 0 Å². The third-order valence-corrected chi connectivity index (χ3v) is 5.02. The molecule has 2 aliphatic rings. The summed E-state index contributed by atoms with van der Waals surface area (Å²) in [5, 5.41) is 3.38. The zero-order valence-electron chi connectivity index (χ0n) is 13.4. The van der Waals surface area contributed by atoms with Gasteiger partial charge < -0.3 is 5.32 Å². The summed E-state index contributed by atoms with van der Waals surface area (Å²) in [7, 11) is 2.31. The van der Waals surface area contributed by atoms with Crippen LogP contribution in [0.5, 0.6) is 0 Å². The molecule has 4 nitrogen and oxygen atoms in total. The van der Waals surface area contributed by atoms with E-state index in [0.717, 1.165) is 37.4 Å². The fraction of sp³-hybridized carbons (Fsp3) is 0.706. The van der Waals surface area contributed by atoms with Gasteiger partial charge in [-0.05, 0) is 50.4 Å². The van der Waals surface area contributed by atoms with Crippen molar-refractivity contribution in [3.63, 3.8) is 0 Å². The van der Waals surface area contributed by atoms with Crippen LogP contribution in [-0.2, 0) is 6.54 Å². The molecular weight excluding hydrogens is 260 g/mol. The van der Waals surface area contributed by atoms with Crippen molar-refractivity contribution in [2.75, 3.05) is 32.0 Å². The molecule has 0 aromatic carbocycles. The Bertz CT molecular complexity index is 462. The molecule has 0 aliphatic carbocycles. The summed E-state index contributed by atoms with van der Waals surface area (Å²) in [6.45, 7) is 6.67. The maximum atomic E-state index is 4.40. The van der Waals surface area contributed by atoms with Crippen LogP contribution in [0.2, 0.25) is 0 Å². The van der Waals surface area contributed by atoms with Gasteiger partial charge in [-0.1, -0.05) is 6.92 Å². The minimum absolute atomic E-state index is 0.761. The third kappa shape index (κ3) is 3.55. The maximum Gasteiger partial charge on any atom is 0.126 e. The van der Waals surface area contributed by atoms with Crippen LogP contribution in [0.4, 0.5) is 5.82 Å². The summed E-state index contributed by atoms with van der Waals surface area (Å²) >= 11 is 0. The molecule has 2 saturated heterocycles. The highest BCUT2D eigenvalue weighted by atomic mass is 15.3. The first kappa shape index (κ1) is 14.8. The molecule has 0 saturated carbocycles. The second kappa shape index (κ2) is 6.75. The van der Waals surface area contributed by atoms with E-state index in [1.54, 1.807) is 0 Å². The van der Waals surface area contributed by atoms with Gasteiger partial charge in [0.25, 0.3) is 0 Å². The first-order valence-electron chi connectivity index (χ1n) is 8.39. The summed E-state index contributed by atoms with van der Waals surface area (Å²) in [4.78, 5) is 9.64. The van der Waals surface area contributed by atoms with E-state index in [1.165, 1.54) is 37.9 Å². The number of likely N-dealkylation sites (N-methyl/N-ethyl adjacent to an activating group) is 1. The molecule has 116 valence electrons. The molecule has 2 aliphatic heterocycles. The molecule has 3 heterocycles. The summed E-state index contributed by atoms with van der Waals surface area (Å²) in [5.74, 6) is 1.02. The first-order chi connectivity index (χ1) is 10.3. The Morgan fingerprint density at radius 3 is 3.00 bits per heavy atom. The molecule has 1 aromatic rings. The lowest BCUT2D eigenvalue weighted by atomic mass is 10.1. The van der Waals surface area contributed by atoms with Gasteiger partial charge in [0.2, 0.25) is 0 Å². The second-order valence-corrected chi connectivity index (χ2v) is 6.55. The van der Waals surface area contributed by atoms with Gasteiger partial charge in [0.1, 0.15) is 5.82 Å². The van der Waals surface area contributed by atoms with Crippen molar-refractivity contribution in [2.24, 2.45) is 0 Å². The average Bonchev–Trinajstić information content (AvgIpc) is 2.74. The Balaban J connectivity index is 1.61. The van der Waals surface area contributed by atoms with Gasteiger partial charge in [-0.15, -0.1) is 0 Å². The van der Waals surface area contributed by atoms with Gasteiger partial charge >= 0.3 is 0 Å². The van der Waals surface area contributed by atoms with Gasteiger partial charge in [0, 0.05) is 44.5 Å². The normalized spacial score (nSPS) is 26.8. The SMILES string of the molecule is CCCNc1cc(CN2CCC3CCC(C2)N3C)ccn1. The predicted molar refractivity (Wildman–Crippen MR) is 87.5 cm³/mol. The number of hydrogen-bond donors (Lipinski definition) is 1. The van der Waals surface area contributed by atoms with Gasteiger partial charge in [-0.2, -0.15) is 0 Å². The number of nitrogens with zero attached hydrogens (tertiary/aromatic N) is 3. The zero-order valence-corrected chi connectivity index (χ0v) is 13.4. The maximum absolute atomic E-state index is 4.40. The molecule has 0 spiro atoms. The van der Waals surface area contributed by atoms with Crippen LogP contribution in [0, 0.1) is 0 Å². The van der Waals surface area contributed by atoms with E-state index in [0.29, 0.717) is 0 Å². The summed E-state index contributed by atoms with van der Waals surface area (Å²) in [6, 6.07) is 5.95. The molecule has 2 unspecified atom stereocenters. The number of fused-ring (bicyclic) bond motifs is 2. The predicted octanol–water partition coefficient (Wildman–Crippen LogP) is 2.57. The lowest BCUT2D eigenvalue weighted by molar-refractivity contribution is 0.214. The fourth-order valence-corrected chi connectivity index (χ4v) is 3.70. The monoisotopic (exact) mass is 288 g/mol. The number of hydrogen-bond acceptors (Lipinski definition) is 4. The molecule has 2 fully saturated rings. The van der Waals surface area contributed by atoms with Gasteiger partial charge in [-0.3, -0.25) is 9.80 Å². The molecule has 2 bridgehead atoms. The summed E-state index contributed by atoms with van der Waals surface area (Å²) < 4.78 is 0. The Hall–Kier alpha value is -1.13. The van der Waals surface area contributed by atoms with Crippen molar-refractivity contribution >= 4 is 5.82 Å². The largest absolute Gasteiger partial charge is 0.370 e. The number of rotatable bonds is 5. The van der Waals surface area contributed by atoms with E-state index in [9.17, 15) is 0 Å². The lowest BCUT2D eigenvalue weighted by Crippen LogP contribution is -2.36. The molecule has 0 radical (unpaired) electrons. The molecule has 0 amide bonds. The van der Waals surface area contributed by atoms with E-state index >= 15 is 0 Å². The van der Waals surface area contributed by atoms with E-state index in [2.05, 4.69) is 46.2 Å². The highest BCUT2D eigenvalue weighted by Crippen LogP contribution is 2.29. The Labute approximate surface area is 128 Å². The Kier molecular flexibility index (Phi) is 4.76. The van der Waals surface area contributed by atoms with Gasteiger partial charge in [0.15, 0.2) is 0 Å². The first-order valence-corrected chi connectivity index (χ1v) is 8.39. The number of nitrogens with one attached hydrogen (secondary N) is 1. The second-order valence-electron chi connectivity index (χ2n) is 6.55. The Morgan fingerprint density at radius 2 is 2.14 bits per heavy atom. The van der Waals surface area contributed by atoms with Crippen molar-refractivity contribution in [1.82, 2.24) is 14.8 Å². The topological polar surface area (TPSA) is 31.4 Å². The minimum Gasteiger partial charge on any atom is -0.370 e. The molecule has 1 aromatic heterocycles. The van der Waals surface area contributed by atoms with Crippen molar-refractivity contribution in [3.8, 4) is 0 Å². The lowest BCUT2D eigenvalue weighted by Gasteiger charge is -2.25. The zero-order chi connectivity index (χ0) is 14.7. The van der Waals surface area contributed by atoms with Crippen LogP contribution in [0.3, 0.4) is 0 Å². The molecule has 21 heavy (non-hydrogen) atoms. The third-order valence-electron chi connectivity index (χ3n) is 5.02. The number of aromatic nitrogens is 1. The Morgan fingerprint density at radius 1 is 1.29 bits per heavy atom. The van der Waals surface area contributed by atoms with Crippen LogP contribution < -0.4 is 5.32 Å². The van der Waals surface area contributed by atoms with Crippen LogP contribution in [0.1, 0.15) is 38.2 Å². The van der Waals surface area contributed by atoms with Crippen molar-refractivity contribution in [3.05, 3.63) is 23.9 Å². The van der Waals surface area contributed by atoms with E-state index in [-0.39, 0.29) is 0 Å². The number of pyridine rings is 1. The molecule has 1 N–H and O–H groups in total. The molecule has 2 atom stereocenters. The van der Waals surface area contributed by atoms with Gasteiger partial charge in [-0.25, -0.2) is 4.98 Å². The summed E-state index contributed by atoms with van der Waals surface area (Å²) in [5.41, 5.74) is 1.38. The van der Waals surface area contributed by atoms with Crippen LogP contribution in [-0.4, -0.2) is 53.5 Å². The standard InChI is InChI=1S/C17H28N4/c1-3-8-18-17-11-14(6-9-19-17)12-21-10-7-15-4-5-16(13-21)20(15)2/h6,9,11,15-16H,3-5,7-8,10,12-13H2,1-2H3,(H,18,19). The highest BCUT2D eigenvalue weighted by Gasteiger charge is 2.34.